The summed E-state index contributed by atoms with van der Waals surface area (Å²) in [4.78, 5) is 28.1. The van der Waals surface area contributed by atoms with Gasteiger partial charge in [0.1, 0.15) is 5.60 Å². The molecule has 8 nitrogen and oxygen atoms in total. The van der Waals surface area contributed by atoms with E-state index in [1.165, 1.54) is 0 Å². The number of nitrogens with one attached hydrogen (secondary N) is 1. The standard InChI is InChI=1S/C16H25N5O3/c1-16(2,3)24-15(23)21-8-11-5-10(6-12(11)9-21)14(22)20(4)13-7-17-19-18-13/h7,10-12H,5-6,8-9H2,1-4H3,(H,17,18,19)/t10-,11-,12+. The number of likely N-dealkylation sites (tertiary alicyclic amines) is 1. The third kappa shape index (κ3) is 3.37. The molecule has 2 aliphatic rings. The minimum absolute atomic E-state index is 0.0116. The van der Waals surface area contributed by atoms with Crippen molar-refractivity contribution in [2.24, 2.45) is 17.8 Å². The smallest absolute Gasteiger partial charge is 0.410 e. The molecule has 2 fully saturated rings. The van der Waals surface area contributed by atoms with Crippen LogP contribution in [0, 0.1) is 17.8 Å². The maximum absolute atomic E-state index is 12.6. The van der Waals surface area contributed by atoms with Crippen LogP contribution in [0.1, 0.15) is 33.6 Å². The molecule has 1 N–H and O–H groups in total. The molecule has 0 radical (unpaired) electrons. The summed E-state index contributed by atoms with van der Waals surface area (Å²) in [6.07, 6.45) is 2.98. The first-order valence-electron chi connectivity index (χ1n) is 8.36. The summed E-state index contributed by atoms with van der Waals surface area (Å²) in [5.74, 6) is 1.34. The number of fused-ring (bicyclic) bond motifs is 1. The Morgan fingerprint density at radius 3 is 2.42 bits per heavy atom. The molecular weight excluding hydrogens is 310 g/mol. The first-order valence-corrected chi connectivity index (χ1v) is 8.36. The molecule has 1 aromatic rings. The second-order valence-electron chi connectivity index (χ2n) is 7.80. The van der Waals surface area contributed by atoms with E-state index in [1.54, 1.807) is 23.0 Å². The number of hydrogen-bond acceptors (Lipinski definition) is 5. The van der Waals surface area contributed by atoms with Gasteiger partial charge in [0.2, 0.25) is 5.91 Å². The van der Waals surface area contributed by atoms with Crippen molar-refractivity contribution in [3.8, 4) is 0 Å². The van der Waals surface area contributed by atoms with Crippen molar-refractivity contribution < 1.29 is 14.3 Å². The van der Waals surface area contributed by atoms with Crippen molar-refractivity contribution in [1.29, 1.82) is 0 Å². The number of hydrogen-bond donors (Lipinski definition) is 1. The average Bonchev–Trinajstić information content (AvgIpc) is 3.18. The van der Waals surface area contributed by atoms with Crippen LogP contribution in [-0.4, -0.2) is 58.0 Å². The summed E-state index contributed by atoms with van der Waals surface area (Å²) >= 11 is 0. The fraction of sp³-hybridized carbons (Fsp3) is 0.750. The van der Waals surface area contributed by atoms with Crippen molar-refractivity contribution in [3.05, 3.63) is 6.20 Å². The molecular formula is C16H25N5O3. The lowest BCUT2D eigenvalue weighted by atomic mass is 10.0. The predicted molar refractivity (Wildman–Crippen MR) is 87.3 cm³/mol. The van der Waals surface area contributed by atoms with E-state index in [0.29, 0.717) is 30.7 Å². The van der Waals surface area contributed by atoms with Crippen LogP contribution in [0.15, 0.2) is 6.20 Å². The molecule has 132 valence electrons. The topological polar surface area (TPSA) is 91.4 Å². The van der Waals surface area contributed by atoms with Gasteiger partial charge in [-0.1, -0.05) is 5.21 Å². The molecule has 0 bridgehead atoms. The fourth-order valence-corrected chi connectivity index (χ4v) is 3.72. The Hall–Kier alpha value is -2.12. The van der Waals surface area contributed by atoms with E-state index < -0.39 is 5.60 Å². The molecule has 0 unspecified atom stereocenters. The highest BCUT2D eigenvalue weighted by Crippen LogP contribution is 2.42. The van der Waals surface area contributed by atoms with Crippen LogP contribution in [0.2, 0.25) is 0 Å². The zero-order valence-electron chi connectivity index (χ0n) is 14.7. The number of carbonyl (C=O) groups excluding carboxylic acids is 2. The number of H-pyrrole nitrogens is 1. The normalized spacial score (nSPS) is 26.3. The minimum atomic E-state index is -0.479. The first kappa shape index (κ1) is 16.7. The Labute approximate surface area is 141 Å². The molecule has 1 aromatic heterocycles. The summed E-state index contributed by atoms with van der Waals surface area (Å²) < 4.78 is 5.44. The van der Waals surface area contributed by atoms with E-state index in [9.17, 15) is 9.59 Å². The van der Waals surface area contributed by atoms with Crippen LogP contribution in [0.4, 0.5) is 10.6 Å². The molecule has 2 amide bonds. The number of carbonyl (C=O) groups is 2. The molecule has 1 aliphatic heterocycles. The molecule has 1 aliphatic carbocycles. The van der Waals surface area contributed by atoms with Gasteiger partial charge < -0.3 is 9.64 Å². The number of aromatic amines is 1. The highest BCUT2D eigenvalue weighted by molar-refractivity contribution is 5.93. The van der Waals surface area contributed by atoms with Gasteiger partial charge >= 0.3 is 6.09 Å². The van der Waals surface area contributed by atoms with Gasteiger partial charge in [-0.15, -0.1) is 5.10 Å². The van der Waals surface area contributed by atoms with Gasteiger partial charge in [0.05, 0.1) is 6.20 Å². The molecule has 1 saturated heterocycles. The Kier molecular flexibility index (Phi) is 4.23. The van der Waals surface area contributed by atoms with Gasteiger partial charge in [0, 0.05) is 26.1 Å². The van der Waals surface area contributed by atoms with E-state index in [-0.39, 0.29) is 17.9 Å². The molecule has 24 heavy (non-hydrogen) atoms. The summed E-state index contributed by atoms with van der Waals surface area (Å²) in [5, 5.41) is 10.1. The maximum Gasteiger partial charge on any atom is 0.410 e. The van der Waals surface area contributed by atoms with Crippen LogP contribution >= 0.6 is 0 Å². The lowest BCUT2D eigenvalue weighted by molar-refractivity contribution is -0.122. The second-order valence-corrected chi connectivity index (χ2v) is 7.80. The lowest BCUT2D eigenvalue weighted by Crippen LogP contribution is -2.37. The Bertz CT molecular complexity index is 596. The van der Waals surface area contributed by atoms with Gasteiger partial charge in [-0.25, -0.2) is 4.79 Å². The van der Waals surface area contributed by atoms with Crippen LogP contribution in [0.3, 0.4) is 0 Å². The van der Waals surface area contributed by atoms with Crippen LogP contribution < -0.4 is 4.90 Å². The van der Waals surface area contributed by atoms with Gasteiger partial charge in [0.15, 0.2) is 5.82 Å². The van der Waals surface area contributed by atoms with Gasteiger partial charge in [-0.05, 0) is 45.4 Å². The van der Waals surface area contributed by atoms with Crippen molar-refractivity contribution in [1.82, 2.24) is 20.3 Å². The van der Waals surface area contributed by atoms with Gasteiger partial charge in [-0.3, -0.25) is 14.8 Å². The number of anilines is 1. The third-order valence-corrected chi connectivity index (χ3v) is 4.83. The second kappa shape index (κ2) is 6.07. The number of amides is 2. The largest absolute Gasteiger partial charge is 0.444 e. The highest BCUT2D eigenvalue weighted by Gasteiger charge is 2.46. The van der Waals surface area contributed by atoms with Crippen molar-refractivity contribution in [3.63, 3.8) is 0 Å². The maximum atomic E-state index is 12.6. The minimum Gasteiger partial charge on any atom is -0.444 e. The number of rotatable bonds is 2. The molecule has 1 saturated carbocycles. The lowest BCUT2D eigenvalue weighted by Gasteiger charge is -2.25. The summed E-state index contributed by atoms with van der Waals surface area (Å²) in [7, 11) is 1.72. The molecule has 3 atom stereocenters. The van der Waals surface area contributed by atoms with E-state index in [1.807, 2.05) is 20.8 Å². The van der Waals surface area contributed by atoms with Gasteiger partial charge in [0.25, 0.3) is 0 Å². The van der Waals surface area contributed by atoms with Crippen molar-refractivity contribution in [2.75, 3.05) is 25.0 Å². The van der Waals surface area contributed by atoms with Crippen LogP contribution in [0.5, 0.6) is 0 Å². The van der Waals surface area contributed by atoms with Crippen molar-refractivity contribution >= 4 is 17.8 Å². The summed E-state index contributed by atoms with van der Waals surface area (Å²) in [5.41, 5.74) is -0.479. The molecule has 3 rings (SSSR count). The number of nitrogens with zero attached hydrogens (tertiary/aromatic N) is 4. The predicted octanol–water partition coefficient (Wildman–Crippen LogP) is 1.66. The number of ether oxygens (including phenoxy) is 1. The zero-order valence-corrected chi connectivity index (χ0v) is 14.7. The van der Waals surface area contributed by atoms with Crippen molar-refractivity contribution in [2.45, 2.75) is 39.2 Å². The van der Waals surface area contributed by atoms with E-state index in [4.69, 9.17) is 4.74 Å². The SMILES string of the molecule is CN(C(=O)[C@@H]1C[C@@H]2CN(C(=O)OC(C)(C)C)C[C@@H]2C1)c1c[nH]nn1. The molecule has 0 aromatic carbocycles. The van der Waals surface area contributed by atoms with Gasteiger partial charge in [-0.2, -0.15) is 0 Å². The fourth-order valence-electron chi connectivity index (χ4n) is 3.72. The van der Waals surface area contributed by atoms with E-state index in [2.05, 4.69) is 15.4 Å². The number of aromatic nitrogens is 3. The Morgan fingerprint density at radius 2 is 1.92 bits per heavy atom. The molecule has 0 spiro atoms. The zero-order chi connectivity index (χ0) is 17.5. The third-order valence-electron chi connectivity index (χ3n) is 4.83. The van der Waals surface area contributed by atoms with E-state index >= 15 is 0 Å². The highest BCUT2D eigenvalue weighted by atomic mass is 16.6. The summed E-state index contributed by atoms with van der Waals surface area (Å²) in [6.45, 7) is 6.97. The first-order chi connectivity index (χ1) is 11.2. The summed E-state index contributed by atoms with van der Waals surface area (Å²) in [6, 6.07) is 0. The van der Waals surface area contributed by atoms with Crippen LogP contribution in [0.25, 0.3) is 0 Å². The van der Waals surface area contributed by atoms with E-state index in [0.717, 1.165) is 12.8 Å². The Morgan fingerprint density at radius 1 is 1.29 bits per heavy atom. The molecule has 8 heteroatoms. The quantitative estimate of drug-likeness (QED) is 0.887. The average molecular weight is 335 g/mol. The monoisotopic (exact) mass is 335 g/mol. The van der Waals surface area contributed by atoms with Crippen LogP contribution in [-0.2, 0) is 9.53 Å². The molecule has 2 heterocycles. The Balaban J connectivity index is 1.55.